The Morgan fingerprint density at radius 2 is 1.69 bits per heavy atom. The van der Waals surface area contributed by atoms with Gasteiger partial charge in [-0.3, -0.25) is 0 Å². The van der Waals surface area contributed by atoms with Crippen LogP contribution in [0.4, 0.5) is 0 Å². The third-order valence-electron chi connectivity index (χ3n) is 2.96. The van der Waals surface area contributed by atoms with Gasteiger partial charge >= 0.3 is 0 Å². The van der Waals surface area contributed by atoms with Crippen molar-refractivity contribution in [2.45, 2.75) is 45.2 Å². The fourth-order valence-corrected chi connectivity index (χ4v) is 2.03. The van der Waals surface area contributed by atoms with Crippen molar-refractivity contribution < 1.29 is 4.74 Å². The lowest BCUT2D eigenvalue weighted by atomic mass is 9.66. The summed E-state index contributed by atoms with van der Waals surface area (Å²) in [5.41, 5.74) is 11.9. The summed E-state index contributed by atoms with van der Waals surface area (Å²) in [6.07, 6.45) is 0.917. The van der Waals surface area contributed by atoms with Gasteiger partial charge in [-0.25, -0.2) is 0 Å². The lowest BCUT2D eigenvalue weighted by Crippen LogP contribution is -2.67. The molecule has 1 saturated heterocycles. The van der Waals surface area contributed by atoms with E-state index in [1.165, 1.54) is 0 Å². The highest BCUT2D eigenvalue weighted by Gasteiger charge is 2.49. The monoisotopic (exact) mass is 186 g/mol. The minimum Gasteiger partial charge on any atom is -0.377 e. The van der Waals surface area contributed by atoms with Crippen molar-refractivity contribution in [1.29, 1.82) is 0 Å². The van der Waals surface area contributed by atoms with Crippen LogP contribution < -0.4 is 11.5 Å². The summed E-state index contributed by atoms with van der Waals surface area (Å²) in [4.78, 5) is 0. The molecule has 78 valence electrons. The van der Waals surface area contributed by atoms with Crippen LogP contribution in [0.2, 0.25) is 0 Å². The minimum atomic E-state index is -0.177. The van der Waals surface area contributed by atoms with E-state index in [2.05, 4.69) is 13.8 Å². The molecule has 3 heteroatoms. The van der Waals surface area contributed by atoms with Crippen LogP contribution in [-0.2, 0) is 4.74 Å². The van der Waals surface area contributed by atoms with Gasteiger partial charge in [0.05, 0.1) is 18.8 Å². The highest BCUT2D eigenvalue weighted by Crippen LogP contribution is 2.40. The number of rotatable bonds is 3. The SMILES string of the molecule is CC(C)(N)CC(C)(C)C1(N)COC1. The fraction of sp³-hybridized carbons (Fsp3) is 1.00. The van der Waals surface area contributed by atoms with Gasteiger partial charge in [0.25, 0.3) is 0 Å². The normalized spacial score (nSPS) is 22.6. The summed E-state index contributed by atoms with van der Waals surface area (Å²) >= 11 is 0. The van der Waals surface area contributed by atoms with Crippen LogP contribution in [0.15, 0.2) is 0 Å². The molecule has 0 bridgehead atoms. The maximum absolute atomic E-state index is 6.21. The van der Waals surface area contributed by atoms with Crippen LogP contribution >= 0.6 is 0 Å². The van der Waals surface area contributed by atoms with Crippen molar-refractivity contribution in [3.8, 4) is 0 Å². The van der Waals surface area contributed by atoms with Gasteiger partial charge in [-0.15, -0.1) is 0 Å². The molecule has 0 aromatic carbocycles. The van der Waals surface area contributed by atoms with Crippen molar-refractivity contribution in [1.82, 2.24) is 0 Å². The molecule has 1 aliphatic heterocycles. The standard InChI is InChI=1S/C10H22N2O/c1-8(2,5-9(3,4)11)10(12)6-13-7-10/h5-7,11-12H2,1-4H3. The Labute approximate surface area is 80.8 Å². The third kappa shape index (κ3) is 2.22. The maximum atomic E-state index is 6.21. The Morgan fingerprint density at radius 3 is 1.92 bits per heavy atom. The second-order valence-electron chi connectivity index (χ2n) is 5.70. The zero-order chi connectivity index (χ0) is 10.3. The van der Waals surface area contributed by atoms with Gasteiger partial charge in [-0.05, 0) is 25.7 Å². The molecule has 1 fully saturated rings. The summed E-state index contributed by atoms with van der Waals surface area (Å²) in [5.74, 6) is 0. The molecule has 1 aliphatic rings. The summed E-state index contributed by atoms with van der Waals surface area (Å²) in [7, 11) is 0. The Balaban J connectivity index is 2.65. The van der Waals surface area contributed by atoms with Crippen LogP contribution in [0, 0.1) is 5.41 Å². The van der Waals surface area contributed by atoms with Crippen LogP contribution in [0.3, 0.4) is 0 Å². The minimum absolute atomic E-state index is 0.0451. The first-order chi connectivity index (χ1) is 5.66. The third-order valence-corrected chi connectivity index (χ3v) is 2.96. The van der Waals surface area contributed by atoms with Gasteiger partial charge in [-0.2, -0.15) is 0 Å². The smallest absolute Gasteiger partial charge is 0.0681 e. The first kappa shape index (κ1) is 11.0. The second-order valence-corrected chi connectivity index (χ2v) is 5.70. The lowest BCUT2D eigenvalue weighted by molar-refractivity contribution is -0.117. The van der Waals surface area contributed by atoms with Gasteiger partial charge in [-0.1, -0.05) is 13.8 Å². The van der Waals surface area contributed by atoms with Crippen LogP contribution in [0.5, 0.6) is 0 Å². The van der Waals surface area contributed by atoms with Gasteiger partial charge in [0.1, 0.15) is 0 Å². The van der Waals surface area contributed by atoms with E-state index < -0.39 is 0 Å². The first-order valence-electron chi connectivity index (χ1n) is 4.82. The summed E-state index contributed by atoms with van der Waals surface area (Å²) in [5, 5.41) is 0. The van der Waals surface area contributed by atoms with E-state index in [0.29, 0.717) is 13.2 Å². The number of hydrogen-bond acceptors (Lipinski definition) is 3. The average Bonchev–Trinajstić information content (AvgIpc) is 1.76. The lowest BCUT2D eigenvalue weighted by Gasteiger charge is -2.51. The molecule has 0 unspecified atom stereocenters. The largest absolute Gasteiger partial charge is 0.377 e. The highest BCUT2D eigenvalue weighted by molar-refractivity contribution is 5.04. The molecule has 0 saturated carbocycles. The Hall–Kier alpha value is -0.120. The summed E-state index contributed by atoms with van der Waals surface area (Å²) in [6.45, 7) is 9.75. The Morgan fingerprint density at radius 1 is 1.23 bits per heavy atom. The second kappa shape index (κ2) is 2.94. The topological polar surface area (TPSA) is 61.3 Å². The molecular weight excluding hydrogens is 164 g/mol. The van der Waals surface area contributed by atoms with E-state index in [1.807, 2.05) is 13.8 Å². The predicted molar refractivity (Wildman–Crippen MR) is 54.4 cm³/mol. The van der Waals surface area contributed by atoms with Crippen LogP contribution in [0.1, 0.15) is 34.1 Å². The van der Waals surface area contributed by atoms with Crippen LogP contribution in [-0.4, -0.2) is 24.3 Å². The van der Waals surface area contributed by atoms with E-state index in [4.69, 9.17) is 16.2 Å². The molecule has 0 radical (unpaired) electrons. The van der Waals surface area contributed by atoms with Gasteiger partial charge in [0.2, 0.25) is 0 Å². The Kier molecular flexibility index (Phi) is 2.48. The molecule has 3 nitrogen and oxygen atoms in total. The molecule has 0 aromatic rings. The summed E-state index contributed by atoms with van der Waals surface area (Å²) in [6, 6.07) is 0. The van der Waals surface area contributed by atoms with Gasteiger partial charge < -0.3 is 16.2 Å². The van der Waals surface area contributed by atoms with E-state index in [-0.39, 0.29) is 16.5 Å². The van der Waals surface area contributed by atoms with E-state index >= 15 is 0 Å². The molecular formula is C10H22N2O. The van der Waals surface area contributed by atoms with Crippen molar-refractivity contribution in [2.75, 3.05) is 13.2 Å². The molecule has 1 rings (SSSR count). The molecule has 0 atom stereocenters. The predicted octanol–water partition coefficient (Wildman–Crippen LogP) is 0.868. The van der Waals surface area contributed by atoms with Crippen molar-refractivity contribution in [2.24, 2.45) is 16.9 Å². The summed E-state index contributed by atoms with van der Waals surface area (Å²) < 4.78 is 5.17. The maximum Gasteiger partial charge on any atom is 0.0681 e. The van der Waals surface area contributed by atoms with Crippen LogP contribution in [0.25, 0.3) is 0 Å². The number of ether oxygens (including phenoxy) is 1. The van der Waals surface area contributed by atoms with E-state index in [0.717, 1.165) is 6.42 Å². The van der Waals surface area contributed by atoms with Crippen molar-refractivity contribution in [3.63, 3.8) is 0 Å². The van der Waals surface area contributed by atoms with E-state index in [1.54, 1.807) is 0 Å². The van der Waals surface area contributed by atoms with E-state index in [9.17, 15) is 0 Å². The molecule has 0 aliphatic carbocycles. The first-order valence-corrected chi connectivity index (χ1v) is 4.82. The zero-order valence-electron chi connectivity index (χ0n) is 9.18. The van der Waals surface area contributed by atoms with Gasteiger partial charge in [0, 0.05) is 5.54 Å². The Bertz CT molecular complexity index is 190. The quantitative estimate of drug-likeness (QED) is 0.687. The van der Waals surface area contributed by atoms with Crippen molar-refractivity contribution >= 4 is 0 Å². The van der Waals surface area contributed by atoms with Gasteiger partial charge in [0.15, 0.2) is 0 Å². The average molecular weight is 186 g/mol. The molecule has 0 amide bonds. The molecule has 1 heterocycles. The molecule has 0 aromatic heterocycles. The number of hydrogen-bond donors (Lipinski definition) is 2. The van der Waals surface area contributed by atoms with Crippen molar-refractivity contribution in [3.05, 3.63) is 0 Å². The molecule has 4 N–H and O–H groups in total. The zero-order valence-corrected chi connectivity index (χ0v) is 9.18. The number of nitrogens with two attached hydrogens (primary N) is 2. The molecule has 13 heavy (non-hydrogen) atoms. The molecule has 0 spiro atoms. The highest BCUT2D eigenvalue weighted by atomic mass is 16.5. The fourth-order valence-electron chi connectivity index (χ4n) is 2.03.